The van der Waals surface area contributed by atoms with Gasteiger partial charge in [-0.25, -0.2) is 0 Å². The largest absolute Gasteiger partial charge is 0.454 e. The third kappa shape index (κ3) is 9.22. The molecule has 43 heavy (non-hydrogen) atoms. The average molecular weight is 631 g/mol. The number of esters is 6. The van der Waals surface area contributed by atoms with Crippen molar-refractivity contribution >= 4 is 45.9 Å². The molecule has 0 N–H and O–H groups in total. The van der Waals surface area contributed by atoms with Crippen LogP contribution >= 0.6 is 0 Å². The summed E-state index contributed by atoms with van der Waals surface area (Å²) in [7, 11) is -4.40. The third-order valence-electron chi connectivity index (χ3n) is 6.07. The van der Waals surface area contributed by atoms with Gasteiger partial charge >= 0.3 is 35.8 Å². The minimum absolute atomic E-state index is 0.207. The fourth-order valence-corrected chi connectivity index (χ4v) is 5.62. The Kier molecular flexibility index (Phi) is 11.8. The van der Waals surface area contributed by atoms with E-state index in [2.05, 4.69) is 0 Å². The van der Waals surface area contributed by atoms with E-state index in [4.69, 9.17) is 32.6 Å². The zero-order valence-electron chi connectivity index (χ0n) is 24.6. The van der Waals surface area contributed by atoms with Gasteiger partial charge in [0.25, 0.3) is 10.1 Å². The molecule has 238 valence electrons. The van der Waals surface area contributed by atoms with Crippen molar-refractivity contribution in [2.24, 2.45) is 0 Å². The van der Waals surface area contributed by atoms with Gasteiger partial charge in [0.1, 0.15) is 0 Å². The minimum Gasteiger partial charge on any atom is -0.454 e. The van der Waals surface area contributed by atoms with Crippen LogP contribution in [0.3, 0.4) is 0 Å². The van der Waals surface area contributed by atoms with Crippen molar-refractivity contribution in [2.75, 3.05) is 6.61 Å². The number of hydrogen-bond acceptors (Lipinski definition) is 15. The van der Waals surface area contributed by atoms with Crippen molar-refractivity contribution in [3.8, 4) is 0 Å². The second-order valence-corrected chi connectivity index (χ2v) is 11.3. The summed E-state index contributed by atoms with van der Waals surface area (Å²) in [5.41, 5.74) is -1.65. The predicted molar refractivity (Wildman–Crippen MR) is 141 cm³/mol. The van der Waals surface area contributed by atoms with Crippen molar-refractivity contribution in [1.29, 1.82) is 0 Å². The van der Waals surface area contributed by atoms with Gasteiger partial charge < -0.3 is 28.4 Å². The number of ether oxygens (including phenoxy) is 6. The van der Waals surface area contributed by atoms with Crippen molar-refractivity contribution in [3.63, 3.8) is 0 Å². The number of carbonyl (C=O) groups is 6. The molecule has 1 fully saturated rings. The molecule has 16 heteroatoms. The van der Waals surface area contributed by atoms with Gasteiger partial charge in [-0.2, -0.15) is 8.42 Å². The van der Waals surface area contributed by atoms with Gasteiger partial charge in [-0.3, -0.25) is 33.0 Å². The molecule has 0 bridgehead atoms. The molecule has 1 aliphatic carbocycles. The maximum Gasteiger partial charge on any atom is 0.303 e. The smallest absolute Gasteiger partial charge is 0.303 e. The fourth-order valence-electron chi connectivity index (χ4n) is 4.71. The Morgan fingerprint density at radius 3 is 1.40 bits per heavy atom. The molecule has 2 rings (SSSR count). The van der Waals surface area contributed by atoms with E-state index in [0.29, 0.717) is 0 Å². The number of carbonyl (C=O) groups excluding carboxylic acids is 6. The first kappa shape index (κ1) is 35.1. The van der Waals surface area contributed by atoms with Gasteiger partial charge in [-0.05, 0) is 19.1 Å². The van der Waals surface area contributed by atoms with E-state index >= 15 is 0 Å². The van der Waals surface area contributed by atoms with Gasteiger partial charge in [0, 0.05) is 48.0 Å². The molecule has 1 aromatic rings. The molecule has 0 heterocycles. The summed E-state index contributed by atoms with van der Waals surface area (Å²) < 4.78 is 63.7. The van der Waals surface area contributed by atoms with Crippen molar-refractivity contribution in [2.45, 2.75) is 95.9 Å². The molecule has 6 atom stereocenters. The first-order valence-electron chi connectivity index (χ1n) is 12.9. The number of rotatable bonds is 11. The molecule has 1 saturated carbocycles. The Balaban J connectivity index is 2.81. The lowest BCUT2D eigenvalue weighted by molar-refractivity contribution is -0.292. The molecular formula is C27H34O15S. The summed E-state index contributed by atoms with van der Waals surface area (Å²) in [5.74, 6) is -6.01. The Hall–Kier alpha value is -4.05. The van der Waals surface area contributed by atoms with E-state index in [-0.39, 0.29) is 4.90 Å². The van der Waals surface area contributed by atoms with Crippen molar-refractivity contribution in [3.05, 3.63) is 29.8 Å². The maximum absolute atomic E-state index is 12.9. The van der Waals surface area contributed by atoms with E-state index in [1.54, 1.807) is 6.92 Å². The highest BCUT2D eigenvalue weighted by Gasteiger charge is 2.69. The third-order valence-corrected chi connectivity index (χ3v) is 7.40. The zero-order valence-corrected chi connectivity index (χ0v) is 25.5. The Labute approximate surface area is 248 Å². The molecule has 15 nitrogen and oxygen atoms in total. The fraction of sp³-hybridized carbons (Fsp3) is 0.556. The van der Waals surface area contributed by atoms with Gasteiger partial charge in [0.05, 0.1) is 11.5 Å². The number of aryl methyl sites for hydroxylation is 1. The van der Waals surface area contributed by atoms with Crippen molar-refractivity contribution in [1.82, 2.24) is 0 Å². The molecular weight excluding hydrogens is 596 g/mol. The van der Waals surface area contributed by atoms with Gasteiger partial charge in [-0.15, -0.1) is 0 Å². The topological polar surface area (TPSA) is 201 Å². The monoisotopic (exact) mass is 630 g/mol. The number of hydrogen-bond donors (Lipinski definition) is 0. The SMILES string of the molecule is CC(=O)OC1C(OC(C)=O)[C@@](CCOS(=O)(=O)c2ccc(C)cc2)(OC(C)=O)[C@@H](OC(C)=O)C(OC(C)=O)[C@H]1OC(C)=O. The second-order valence-electron chi connectivity index (χ2n) is 9.67. The Morgan fingerprint density at radius 2 is 1.02 bits per heavy atom. The van der Waals surface area contributed by atoms with E-state index in [1.807, 2.05) is 0 Å². The standard InChI is InChI=1S/C27H34O15S/c1-14-8-10-21(11-9-14)43(34,35)36-13-12-27(42-20(7)33)25(40-18(5)31)23(38-16(3)29)22(37-15(2)28)24(39-17(4)30)26(27)41-19(6)32/h8-11,22-26H,12-13H2,1-7H3/t22-,23?,24?,25+,26?,27+/m1/s1. The van der Waals surface area contributed by atoms with Crippen LogP contribution in [0.25, 0.3) is 0 Å². The molecule has 0 aromatic heterocycles. The molecule has 3 unspecified atom stereocenters. The highest BCUT2D eigenvalue weighted by atomic mass is 32.2. The second kappa shape index (κ2) is 14.4. The summed E-state index contributed by atoms with van der Waals surface area (Å²) >= 11 is 0. The average Bonchev–Trinajstić information content (AvgIpc) is 2.85. The predicted octanol–water partition coefficient (Wildman–Crippen LogP) is 1.06. The molecule has 0 amide bonds. The van der Waals surface area contributed by atoms with Crippen LogP contribution in [0, 0.1) is 6.92 Å². The summed E-state index contributed by atoms with van der Waals surface area (Å²) in [6.45, 7) is 6.75. The van der Waals surface area contributed by atoms with Crippen LogP contribution in [0.15, 0.2) is 29.2 Å². The molecule has 0 saturated heterocycles. The minimum atomic E-state index is -4.40. The zero-order chi connectivity index (χ0) is 32.7. The summed E-state index contributed by atoms with van der Waals surface area (Å²) in [6.07, 6.45) is -9.94. The van der Waals surface area contributed by atoms with Crippen LogP contribution in [0.5, 0.6) is 0 Å². The summed E-state index contributed by atoms with van der Waals surface area (Å²) in [6, 6.07) is 5.67. The summed E-state index contributed by atoms with van der Waals surface area (Å²) in [5, 5.41) is 0. The molecule has 0 spiro atoms. The molecule has 0 aliphatic heterocycles. The van der Waals surface area contributed by atoms with Crippen LogP contribution in [0.1, 0.15) is 53.5 Å². The van der Waals surface area contributed by atoms with Crippen LogP contribution in [0.4, 0.5) is 0 Å². The Bertz CT molecular complexity index is 1290. The van der Waals surface area contributed by atoms with Crippen molar-refractivity contribution < 1.29 is 69.8 Å². The van der Waals surface area contributed by atoms with Gasteiger partial charge in [-0.1, -0.05) is 17.7 Å². The highest BCUT2D eigenvalue weighted by molar-refractivity contribution is 7.86. The lowest BCUT2D eigenvalue weighted by Gasteiger charge is -2.53. The Morgan fingerprint density at radius 1 is 0.628 bits per heavy atom. The van der Waals surface area contributed by atoms with E-state index in [9.17, 15) is 37.2 Å². The first-order valence-corrected chi connectivity index (χ1v) is 14.3. The first-order chi connectivity index (χ1) is 19.9. The maximum atomic E-state index is 12.9. The highest BCUT2D eigenvalue weighted by Crippen LogP contribution is 2.44. The molecule has 1 aliphatic rings. The van der Waals surface area contributed by atoms with E-state index in [1.165, 1.54) is 24.3 Å². The summed E-state index contributed by atoms with van der Waals surface area (Å²) in [4.78, 5) is 73.6. The molecule has 1 aromatic carbocycles. The lowest BCUT2D eigenvalue weighted by Crippen LogP contribution is -2.75. The normalized spacial score (nSPS) is 25.0. The van der Waals surface area contributed by atoms with Crippen LogP contribution in [-0.2, 0) is 71.5 Å². The van der Waals surface area contributed by atoms with Crippen LogP contribution in [-0.4, -0.2) is 87.0 Å². The van der Waals surface area contributed by atoms with Crippen LogP contribution < -0.4 is 0 Å². The van der Waals surface area contributed by atoms with E-state index in [0.717, 1.165) is 47.1 Å². The number of benzene rings is 1. The van der Waals surface area contributed by atoms with Gasteiger partial charge in [0.15, 0.2) is 36.1 Å². The van der Waals surface area contributed by atoms with Gasteiger partial charge in [0.2, 0.25) is 0 Å². The van der Waals surface area contributed by atoms with E-state index < -0.39 is 95.1 Å². The molecule has 0 radical (unpaired) electrons. The quantitative estimate of drug-likeness (QED) is 0.191. The lowest BCUT2D eigenvalue weighted by atomic mass is 9.72. The van der Waals surface area contributed by atoms with Crippen LogP contribution in [0.2, 0.25) is 0 Å².